The molecule has 2 rings (SSSR count). The van der Waals surface area contributed by atoms with E-state index >= 15 is 0 Å². The van der Waals surface area contributed by atoms with Gasteiger partial charge in [0.05, 0.1) is 24.3 Å². The molecule has 5 heteroatoms. The summed E-state index contributed by atoms with van der Waals surface area (Å²) in [6.07, 6.45) is 0. The Balaban J connectivity index is 2.06. The molecule has 2 aromatic rings. The number of rotatable bonds is 4. The lowest BCUT2D eigenvalue weighted by Crippen LogP contribution is -2.22. The minimum absolute atomic E-state index is 0.141. The first-order chi connectivity index (χ1) is 10.1. The first kappa shape index (κ1) is 14.4. The van der Waals surface area contributed by atoms with Gasteiger partial charge in [-0.25, -0.2) is 0 Å². The van der Waals surface area contributed by atoms with E-state index in [1.165, 1.54) is 19.2 Å². The highest BCUT2D eigenvalue weighted by atomic mass is 16.5. The van der Waals surface area contributed by atoms with Gasteiger partial charge in [-0.3, -0.25) is 4.79 Å². The van der Waals surface area contributed by atoms with Gasteiger partial charge in [0.25, 0.3) is 5.91 Å². The van der Waals surface area contributed by atoms with Gasteiger partial charge in [0.1, 0.15) is 11.5 Å². The number of amides is 1. The van der Waals surface area contributed by atoms with Crippen molar-refractivity contribution in [3.63, 3.8) is 0 Å². The molecule has 0 spiro atoms. The van der Waals surface area contributed by atoms with E-state index in [-0.39, 0.29) is 17.9 Å². The van der Waals surface area contributed by atoms with E-state index in [1.54, 1.807) is 24.3 Å². The lowest BCUT2D eigenvalue weighted by Gasteiger charge is -2.08. The average molecular weight is 282 g/mol. The maximum atomic E-state index is 12.0. The molecule has 2 N–H and O–H groups in total. The number of nitrogens with one attached hydrogen (secondary N) is 1. The summed E-state index contributed by atoms with van der Waals surface area (Å²) in [6.45, 7) is 0.278. The normalized spacial score (nSPS) is 9.71. The van der Waals surface area contributed by atoms with Crippen molar-refractivity contribution in [2.45, 2.75) is 6.54 Å². The third-order valence-corrected chi connectivity index (χ3v) is 2.96. The molecule has 0 fully saturated rings. The van der Waals surface area contributed by atoms with Crippen LogP contribution in [-0.4, -0.2) is 18.1 Å². The van der Waals surface area contributed by atoms with Crippen LogP contribution in [0, 0.1) is 11.3 Å². The van der Waals surface area contributed by atoms with Crippen LogP contribution in [0.5, 0.6) is 11.5 Å². The molecule has 0 saturated carbocycles. The lowest BCUT2D eigenvalue weighted by atomic mass is 10.1. The topological polar surface area (TPSA) is 82.3 Å². The standard InChI is InChI=1S/C16H14N2O3/c1-21-13-5-6-14(15(19)8-13)16(20)18-10-12-4-2-3-11(7-12)9-17/h2-8,19H,10H2,1H3,(H,18,20). The average Bonchev–Trinajstić information content (AvgIpc) is 2.52. The van der Waals surface area contributed by atoms with Gasteiger partial charge >= 0.3 is 0 Å². The third kappa shape index (κ3) is 3.51. The van der Waals surface area contributed by atoms with Crippen LogP contribution in [0.3, 0.4) is 0 Å². The van der Waals surface area contributed by atoms with Crippen molar-refractivity contribution in [3.8, 4) is 17.6 Å². The number of aromatic hydroxyl groups is 1. The Labute approximate surface area is 122 Å². The molecule has 0 bridgehead atoms. The molecule has 0 aromatic heterocycles. The molecular weight excluding hydrogens is 268 g/mol. The molecule has 0 unspecified atom stereocenters. The van der Waals surface area contributed by atoms with E-state index in [1.807, 2.05) is 12.1 Å². The molecule has 0 aliphatic carbocycles. The number of carbonyl (C=O) groups is 1. The molecule has 0 saturated heterocycles. The van der Waals surface area contributed by atoms with Crippen LogP contribution in [0.2, 0.25) is 0 Å². The molecule has 0 radical (unpaired) electrons. The maximum Gasteiger partial charge on any atom is 0.255 e. The fourth-order valence-electron chi connectivity index (χ4n) is 1.86. The van der Waals surface area contributed by atoms with E-state index in [0.29, 0.717) is 11.3 Å². The molecular formula is C16H14N2O3. The lowest BCUT2D eigenvalue weighted by molar-refractivity contribution is 0.0948. The molecule has 1 amide bonds. The number of benzene rings is 2. The summed E-state index contributed by atoms with van der Waals surface area (Å²) >= 11 is 0. The largest absolute Gasteiger partial charge is 0.507 e. The van der Waals surface area contributed by atoms with Crippen LogP contribution in [0.15, 0.2) is 42.5 Å². The Bertz CT molecular complexity index is 705. The summed E-state index contributed by atoms with van der Waals surface area (Å²) in [7, 11) is 1.48. The van der Waals surface area contributed by atoms with Crippen LogP contribution in [0.1, 0.15) is 21.5 Å². The number of ether oxygens (including phenoxy) is 1. The summed E-state index contributed by atoms with van der Waals surface area (Å²) in [5.74, 6) is -0.0547. The molecule has 5 nitrogen and oxygen atoms in total. The van der Waals surface area contributed by atoms with Crippen molar-refractivity contribution in [3.05, 3.63) is 59.2 Å². The number of phenolic OH excluding ortho intramolecular Hbond substituents is 1. The van der Waals surface area contributed by atoms with Crippen LogP contribution < -0.4 is 10.1 Å². The highest BCUT2D eigenvalue weighted by Gasteiger charge is 2.11. The zero-order chi connectivity index (χ0) is 15.2. The quantitative estimate of drug-likeness (QED) is 0.900. The molecule has 2 aromatic carbocycles. The van der Waals surface area contributed by atoms with E-state index in [4.69, 9.17) is 10.00 Å². The van der Waals surface area contributed by atoms with Crippen LogP contribution >= 0.6 is 0 Å². The predicted molar refractivity (Wildman–Crippen MR) is 77.0 cm³/mol. The fraction of sp³-hybridized carbons (Fsp3) is 0.125. The molecule has 106 valence electrons. The zero-order valence-electron chi connectivity index (χ0n) is 11.5. The maximum absolute atomic E-state index is 12.0. The van der Waals surface area contributed by atoms with Crippen LogP contribution in [0.4, 0.5) is 0 Å². The van der Waals surface area contributed by atoms with Gasteiger partial charge < -0.3 is 15.2 Å². The number of hydrogen-bond acceptors (Lipinski definition) is 4. The summed E-state index contributed by atoms with van der Waals surface area (Å²) in [4.78, 5) is 12.0. The number of methoxy groups -OCH3 is 1. The van der Waals surface area contributed by atoms with E-state index < -0.39 is 5.91 Å². The van der Waals surface area contributed by atoms with Gasteiger partial charge in [-0.15, -0.1) is 0 Å². The number of nitriles is 1. The molecule has 0 aliphatic rings. The number of nitrogens with zero attached hydrogens (tertiary/aromatic N) is 1. The smallest absolute Gasteiger partial charge is 0.255 e. The number of hydrogen-bond donors (Lipinski definition) is 2. The van der Waals surface area contributed by atoms with Gasteiger partial charge in [-0.2, -0.15) is 5.26 Å². The minimum atomic E-state index is -0.391. The SMILES string of the molecule is COc1ccc(C(=O)NCc2cccc(C#N)c2)c(O)c1. The number of carbonyl (C=O) groups excluding carboxylic acids is 1. The molecule has 21 heavy (non-hydrogen) atoms. The zero-order valence-corrected chi connectivity index (χ0v) is 11.5. The van der Waals surface area contributed by atoms with Crippen LogP contribution in [-0.2, 0) is 6.54 Å². The predicted octanol–water partition coefficient (Wildman–Crippen LogP) is 2.20. The van der Waals surface area contributed by atoms with Crippen LogP contribution in [0.25, 0.3) is 0 Å². The Morgan fingerprint density at radius 1 is 1.33 bits per heavy atom. The summed E-state index contributed by atoms with van der Waals surface area (Å²) < 4.78 is 4.96. The van der Waals surface area contributed by atoms with Crippen molar-refractivity contribution >= 4 is 5.91 Å². The summed E-state index contributed by atoms with van der Waals surface area (Å²) in [5.41, 5.74) is 1.52. The van der Waals surface area contributed by atoms with Gasteiger partial charge in [-0.1, -0.05) is 12.1 Å². The van der Waals surface area contributed by atoms with Gasteiger partial charge in [0.2, 0.25) is 0 Å². The second kappa shape index (κ2) is 6.44. The van der Waals surface area contributed by atoms with Crippen molar-refractivity contribution < 1.29 is 14.6 Å². The highest BCUT2D eigenvalue weighted by molar-refractivity contribution is 5.96. The van der Waals surface area contributed by atoms with E-state index in [9.17, 15) is 9.90 Å². The van der Waals surface area contributed by atoms with Crippen molar-refractivity contribution in [1.29, 1.82) is 5.26 Å². The molecule has 0 heterocycles. The summed E-state index contributed by atoms with van der Waals surface area (Å²) in [5, 5.41) is 21.3. The Hall–Kier alpha value is -3.00. The second-order valence-corrected chi connectivity index (χ2v) is 4.38. The first-order valence-corrected chi connectivity index (χ1v) is 6.28. The third-order valence-electron chi connectivity index (χ3n) is 2.96. The second-order valence-electron chi connectivity index (χ2n) is 4.38. The fourth-order valence-corrected chi connectivity index (χ4v) is 1.86. The first-order valence-electron chi connectivity index (χ1n) is 6.28. The highest BCUT2D eigenvalue weighted by Crippen LogP contribution is 2.23. The Kier molecular flexibility index (Phi) is 4.42. The minimum Gasteiger partial charge on any atom is -0.507 e. The van der Waals surface area contributed by atoms with E-state index in [0.717, 1.165) is 5.56 Å². The molecule has 0 atom stereocenters. The molecule has 0 aliphatic heterocycles. The van der Waals surface area contributed by atoms with Crippen molar-refractivity contribution in [1.82, 2.24) is 5.32 Å². The van der Waals surface area contributed by atoms with Crippen molar-refractivity contribution in [2.24, 2.45) is 0 Å². The van der Waals surface area contributed by atoms with E-state index in [2.05, 4.69) is 5.32 Å². The van der Waals surface area contributed by atoms with Gasteiger partial charge in [-0.05, 0) is 29.8 Å². The van der Waals surface area contributed by atoms with Gasteiger partial charge in [0, 0.05) is 12.6 Å². The van der Waals surface area contributed by atoms with Gasteiger partial charge in [0.15, 0.2) is 0 Å². The summed E-state index contributed by atoms with van der Waals surface area (Å²) in [6, 6.07) is 13.5. The number of phenols is 1. The Morgan fingerprint density at radius 2 is 2.14 bits per heavy atom. The van der Waals surface area contributed by atoms with Crippen molar-refractivity contribution in [2.75, 3.05) is 7.11 Å². The Morgan fingerprint density at radius 3 is 2.81 bits per heavy atom. The monoisotopic (exact) mass is 282 g/mol.